The highest BCUT2D eigenvalue weighted by molar-refractivity contribution is 5.97. The van der Waals surface area contributed by atoms with E-state index in [4.69, 9.17) is 5.26 Å². The summed E-state index contributed by atoms with van der Waals surface area (Å²) >= 11 is 0. The first-order chi connectivity index (χ1) is 12.1. The number of nitriles is 1. The number of aryl methyl sites for hydroxylation is 2. The average Bonchev–Trinajstić information content (AvgIpc) is 3.01. The summed E-state index contributed by atoms with van der Waals surface area (Å²) in [4.78, 5) is 14.7. The van der Waals surface area contributed by atoms with Gasteiger partial charge in [-0.3, -0.25) is 9.48 Å². The van der Waals surface area contributed by atoms with Crippen molar-refractivity contribution in [2.24, 2.45) is 7.05 Å². The highest BCUT2D eigenvalue weighted by Crippen LogP contribution is 2.22. The van der Waals surface area contributed by atoms with E-state index in [0.29, 0.717) is 12.1 Å². The minimum atomic E-state index is -0.186. The highest BCUT2D eigenvalue weighted by Gasteiger charge is 2.29. The van der Waals surface area contributed by atoms with E-state index in [9.17, 15) is 4.79 Å². The van der Waals surface area contributed by atoms with Gasteiger partial charge < -0.3 is 10.2 Å². The van der Waals surface area contributed by atoms with Gasteiger partial charge in [-0.05, 0) is 43.5 Å². The summed E-state index contributed by atoms with van der Waals surface area (Å²) in [6, 6.07) is 9.11. The lowest BCUT2D eigenvalue weighted by Crippen LogP contribution is -2.50. The molecule has 1 aliphatic heterocycles. The highest BCUT2D eigenvalue weighted by atomic mass is 16.2. The Bertz CT molecular complexity index is 787. The third-order valence-electron chi connectivity index (χ3n) is 4.61. The topological polar surface area (TPSA) is 74.0 Å². The standard InChI is InChI=1S/C19H23N5O/c1-3-17-15(13-23(2)22-17)12-21-18-5-4-10-24(19(18)25)16-8-6-14(11-20)7-9-16/h6-9,13,18,21H,3-5,10,12H2,1-2H3/t18-/m0/s1. The number of benzene rings is 1. The maximum absolute atomic E-state index is 12.8. The largest absolute Gasteiger partial charge is 0.311 e. The zero-order valence-corrected chi connectivity index (χ0v) is 14.7. The number of anilines is 1. The van der Waals surface area contributed by atoms with E-state index in [2.05, 4.69) is 23.4 Å². The van der Waals surface area contributed by atoms with Gasteiger partial charge in [0.05, 0.1) is 23.4 Å². The third kappa shape index (κ3) is 3.72. The summed E-state index contributed by atoms with van der Waals surface area (Å²) in [5, 5.41) is 16.8. The molecular weight excluding hydrogens is 314 g/mol. The first kappa shape index (κ1) is 17.2. The second kappa shape index (κ2) is 7.49. The number of aromatic nitrogens is 2. The van der Waals surface area contributed by atoms with Crippen LogP contribution in [0.1, 0.15) is 36.6 Å². The molecule has 1 saturated heterocycles. The summed E-state index contributed by atoms with van der Waals surface area (Å²) in [5.74, 6) is 0.0953. The number of hydrogen-bond acceptors (Lipinski definition) is 4. The molecule has 6 heteroatoms. The van der Waals surface area contributed by atoms with Crippen LogP contribution in [0.15, 0.2) is 30.5 Å². The van der Waals surface area contributed by atoms with E-state index in [0.717, 1.165) is 42.8 Å². The Morgan fingerprint density at radius 1 is 1.36 bits per heavy atom. The van der Waals surface area contributed by atoms with Gasteiger partial charge in [-0.2, -0.15) is 10.4 Å². The fraction of sp³-hybridized carbons (Fsp3) is 0.421. The van der Waals surface area contributed by atoms with Gasteiger partial charge in [-0.1, -0.05) is 6.92 Å². The van der Waals surface area contributed by atoms with Crippen LogP contribution < -0.4 is 10.2 Å². The fourth-order valence-corrected chi connectivity index (χ4v) is 3.30. The number of rotatable bonds is 5. The molecule has 0 spiro atoms. The molecule has 1 atom stereocenters. The zero-order chi connectivity index (χ0) is 17.8. The summed E-state index contributed by atoms with van der Waals surface area (Å²) in [6.45, 7) is 3.45. The van der Waals surface area contributed by atoms with Crippen LogP contribution >= 0.6 is 0 Å². The van der Waals surface area contributed by atoms with Gasteiger partial charge >= 0.3 is 0 Å². The number of carbonyl (C=O) groups is 1. The predicted molar refractivity (Wildman–Crippen MR) is 96.0 cm³/mol. The van der Waals surface area contributed by atoms with Crippen LogP contribution in [0.3, 0.4) is 0 Å². The van der Waals surface area contributed by atoms with Crippen molar-refractivity contribution < 1.29 is 4.79 Å². The van der Waals surface area contributed by atoms with Crippen LogP contribution in [0.2, 0.25) is 0 Å². The zero-order valence-electron chi connectivity index (χ0n) is 14.7. The molecule has 1 amide bonds. The van der Waals surface area contributed by atoms with E-state index in [-0.39, 0.29) is 11.9 Å². The molecule has 1 aromatic carbocycles. The van der Waals surface area contributed by atoms with Gasteiger partial charge in [0.1, 0.15) is 0 Å². The Morgan fingerprint density at radius 3 is 2.80 bits per heavy atom. The molecule has 1 aliphatic rings. The molecule has 1 aromatic heterocycles. The van der Waals surface area contributed by atoms with Crippen LogP contribution in [0, 0.1) is 11.3 Å². The molecule has 3 rings (SSSR count). The van der Waals surface area contributed by atoms with Gasteiger partial charge in [0.25, 0.3) is 0 Å². The Kier molecular flexibility index (Phi) is 5.15. The van der Waals surface area contributed by atoms with E-state index in [1.165, 1.54) is 0 Å². The monoisotopic (exact) mass is 337 g/mol. The summed E-state index contributed by atoms with van der Waals surface area (Å²) in [7, 11) is 1.92. The Labute approximate surface area is 148 Å². The molecule has 1 fully saturated rings. The number of nitrogens with one attached hydrogen (secondary N) is 1. The number of piperidine rings is 1. The molecular formula is C19H23N5O. The van der Waals surface area contributed by atoms with E-state index in [1.807, 2.05) is 35.0 Å². The van der Waals surface area contributed by atoms with Crippen molar-refractivity contribution in [3.8, 4) is 6.07 Å². The SMILES string of the molecule is CCc1nn(C)cc1CN[C@H]1CCCN(c2ccc(C#N)cc2)C1=O. The molecule has 0 unspecified atom stereocenters. The molecule has 25 heavy (non-hydrogen) atoms. The van der Waals surface area contributed by atoms with Gasteiger partial charge in [-0.25, -0.2) is 0 Å². The van der Waals surface area contributed by atoms with Crippen molar-refractivity contribution in [3.05, 3.63) is 47.3 Å². The van der Waals surface area contributed by atoms with Gasteiger partial charge in [-0.15, -0.1) is 0 Å². The summed E-state index contributed by atoms with van der Waals surface area (Å²) in [6.07, 6.45) is 4.69. The maximum atomic E-state index is 12.8. The number of amides is 1. The van der Waals surface area contributed by atoms with Gasteiger partial charge in [0.2, 0.25) is 5.91 Å². The van der Waals surface area contributed by atoms with Crippen LogP contribution in [0.4, 0.5) is 5.69 Å². The van der Waals surface area contributed by atoms with Crippen molar-refractivity contribution in [2.75, 3.05) is 11.4 Å². The molecule has 0 aliphatic carbocycles. The van der Waals surface area contributed by atoms with Crippen LogP contribution in [0.5, 0.6) is 0 Å². The first-order valence-corrected chi connectivity index (χ1v) is 8.68. The van der Waals surface area contributed by atoms with Crippen molar-refractivity contribution >= 4 is 11.6 Å². The summed E-state index contributed by atoms with van der Waals surface area (Å²) in [5.41, 5.74) is 3.67. The Balaban J connectivity index is 1.68. The van der Waals surface area contributed by atoms with Crippen molar-refractivity contribution in [2.45, 2.75) is 38.8 Å². The maximum Gasteiger partial charge on any atom is 0.244 e. The fourth-order valence-electron chi connectivity index (χ4n) is 3.30. The third-order valence-corrected chi connectivity index (χ3v) is 4.61. The lowest BCUT2D eigenvalue weighted by atomic mass is 10.0. The lowest BCUT2D eigenvalue weighted by molar-refractivity contribution is -0.121. The molecule has 0 radical (unpaired) electrons. The predicted octanol–water partition coefficient (Wildman–Crippen LogP) is 2.14. The van der Waals surface area contributed by atoms with Crippen LogP contribution in [-0.2, 0) is 24.8 Å². The number of hydrogen-bond donors (Lipinski definition) is 1. The van der Waals surface area contributed by atoms with Crippen LogP contribution in [-0.4, -0.2) is 28.3 Å². The average molecular weight is 337 g/mol. The van der Waals surface area contributed by atoms with Gasteiger partial charge in [0.15, 0.2) is 0 Å². The Morgan fingerprint density at radius 2 is 2.12 bits per heavy atom. The first-order valence-electron chi connectivity index (χ1n) is 8.68. The molecule has 0 saturated carbocycles. The lowest BCUT2D eigenvalue weighted by Gasteiger charge is -2.32. The van der Waals surface area contributed by atoms with Crippen LogP contribution in [0.25, 0.3) is 0 Å². The van der Waals surface area contributed by atoms with Crippen molar-refractivity contribution in [1.82, 2.24) is 15.1 Å². The van der Waals surface area contributed by atoms with E-state index >= 15 is 0 Å². The van der Waals surface area contributed by atoms with Gasteiger partial charge in [0, 0.05) is 37.6 Å². The molecule has 0 bridgehead atoms. The second-order valence-electron chi connectivity index (χ2n) is 6.35. The molecule has 1 N–H and O–H groups in total. The minimum absolute atomic E-state index is 0.0953. The van der Waals surface area contributed by atoms with E-state index < -0.39 is 0 Å². The smallest absolute Gasteiger partial charge is 0.244 e. The van der Waals surface area contributed by atoms with E-state index in [1.54, 1.807) is 12.1 Å². The number of carbonyl (C=O) groups excluding carboxylic acids is 1. The Hall–Kier alpha value is -2.65. The number of nitrogens with zero attached hydrogens (tertiary/aromatic N) is 4. The van der Waals surface area contributed by atoms with Crippen molar-refractivity contribution in [1.29, 1.82) is 5.26 Å². The molecule has 6 nitrogen and oxygen atoms in total. The molecule has 130 valence electrons. The quantitative estimate of drug-likeness (QED) is 0.907. The second-order valence-corrected chi connectivity index (χ2v) is 6.35. The normalized spacial score (nSPS) is 17.6. The van der Waals surface area contributed by atoms with Crippen molar-refractivity contribution in [3.63, 3.8) is 0 Å². The minimum Gasteiger partial charge on any atom is -0.311 e. The summed E-state index contributed by atoms with van der Waals surface area (Å²) < 4.78 is 1.82. The molecule has 2 heterocycles. The molecule has 2 aromatic rings.